The molecule has 0 spiro atoms. The number of hydrogen-bond donors (Lipinski definition) is 0. The van der Waals surface area contributed by atoms with Gasteiger partial charge >= 0.3 is 0 Å². The van der Waals surface area contributed by atoms with Gasteiger partial charge in [0.25, 0.3) is 0 Å². The highest BCUT2D eigenvalue weighted by atomic mass is 16.3. The van der Waals surface area contributed by atoms with E-state index in [0.29, 0.717) is 5.95 Å². The molecule has 3 aromatic heterocycles. The van der Waals surface area contributed by atoms with Gasteiger partial charge in [0.2, 0.25) is 5.95 Å². The van der Waals surface area contributed by atoms with Crippen LogP contribution in [0.1, 0.15) is 0 Å². The maximum Gasteiger partial charge on any atom is 0.234 e. The van der Waals surface area contributed by atoms with Crippen molar-refractivity contribution in [1.82, 2.24) is 14.5 Å². The van der Waals surface area contributed by atoms with E-state index in [1.807, 2.05) is 48.8 Å². The van der Waals surface area contributed by atoms with Crippen molar-refractivity contribution in [3.05, 3.63) is 182 Å². The van der Waals surface area contributed by atoms with Crippen molar-refractivity contribution in [2.24, 2.45) is 0 Å². The Morgan fingerprint density at radius 1 is 0.412 bits per heavy atom. The molecule has 3 heterocycles. The van der Waals surface area contributed by atoms with E-state index in [1.165, 1.54) is 10.9 Å². The maximum absolute atomic E-state index is 6.16. The molecule has 0 N–H and O–H groups in total. The Bertz CT molecular complexity index is 2760. The second-order valence-electron chi connectivity index (χ2n) is 12.7. The van der Waals surface area contributed by atoms with E-state index >= 15 is 0 Å². The topological polar surface area (TPSA) is 47.1 Å². The molecule has 51 heavy (non-hydrogen) atoms. The number of rotatable bonds is 6. The van der Waals surface area contributed by atoms with Crippen LogP contribution < -0.4 is 4.90 Å². The summed E-state index contributed by atoms with van der Waals surface area (Å²) < 4.78 is 8.51. The lowest BCUT2D eigenvalue weighted by molar-refractivity contribution is 0.669. The van der Waals surface area contributed by atoms with Crippen molar-refractivity contribution in [3.63, 3.8) is 0 Å². The number of fused-ring (bicyclic) bond motifs is 6. The summed E-state index contributed by atoms with van der Waals surface area (Å²) in [7, 11) is 0. The molecule has 0 aliphatic heterocycles. The number of furan rings is 1. The zero-order valence-corrected chi connectivity index (χ0v) is 27.5. The average molecular weight is 655 g/mol. The van der Waals surface area contributed by atoms with Crippen molar-refractivity contribution in [1.29, 1.82) is 0 Å². The molecule has 5 heteroatoms. The van der Waals surface area contributed by atoms with Gasteiger partial charge in [-0.2, -0.15) is 0 Å². The smallest absolute Gasteiger partial charge is 0.234 e. The summed E-state index contributed by atoms with van der Waals surface area (Å²) >= 11 is 0. The molecule has 5 nitrogen and oxygen atoms in total. The van der Waals surface area contributed by atoms with Crippen molar-refractivity contribution >= 4 is 61.1 Å². The molecule has 7 aromatic carbocycles. The van der Waals surface area contributed by atoms with Crippen molar-refractivity contribution in [2.45, 2.75) is 0 Å². The van der Waals surface area contributed by atoms with E-state index in [2.05, 4.69) is 143 Å². The largest absolute Gasteiger partial charge is 0.456 e. The highest BCUT2D eigenvalue weighted by Crippen LogP contribution is 2.40. The van der Waals surface area contributed by atoms with E-state index < -0.39 is 0 Å². The van der Waals surface area contributed by atoms with E-state index in [1.54, 1.807) is 0 Å². The zero-order valence-electron chi connectivity index (χ0n) is 27.5. The second kappa shape index (κ2) is 11.9. The van der Waals surface area contributed by atoms with Gasteiger partial charge in [-0.1, -0.05) is 109 Å². The predicted molar refractivity (Wildman–Crippen MR) is 209 cm³/mol. The molecule has 0 bridgehead atoms. The average Bonchev–Trinajstić information content (AvgIpc) is 3.74. The summed E-state index contributed by atoms with van der Waals surface area (Å²) in [5.41, 5.74) is 11.5. The monoisotopic (exact) mass is 654 g/mol. The lowest BCUT2D eigenvalue weighted by Gasteiger charge is -2.24. The molecule has 0 fully saturated rings. The molecule has 0 saturated carbocycles. The molecular formula is C46H30N4O. The molecule has 0 aliphatic carbocycles. The van der Waals surface area contributed by atoms with Gasteiger partial charge in [-0.15, -0.1) is 0 Å². The second-order valence-corrected chi connectivity index (χ2v) is 12.7. The summed E-state index contributed by atoms with van der Waals surface area (Å²) in [6.07, 6.45) is 3.81. The van der Waals surface area contributed by atoms with Gasteiger partial charge in [0, 0.05) is 56.6 Å². The molecule has 0 radical (unpaired) electrons. The Balaban J connectivity index is 1.14. The van der Waals surface area contributed by atoms with Crippen LogP contribution in [-0.4, -0.2) is 14.5 Å². The Labute approximate surface area is 294 Å². The van der Waals surface area contributed by atoms with Crippen LogP contribution in [-0.2, 0) is 0 Å². The van der Waals surface area contributed by atoms with Gasteiger partial charge in [-0.05, 0) is 77.4 Å². The quantitative estimate of drug-likeness (QED) is 0.179. The first-order valence-electron chi connectivity index (χ1n) is 17.1. The molecule has 0 unspecified atom stereocenters. The van der Waals surface area contributed by atoms with Crippen molar-refractivity contribution < 1.29 is 4.42 Å². The van der Waals surface area contributed by atoms with Gasteiger partial charge in [-0.25, -0.2) is 9.97 Å². The lowest BCUT2D eigenvalue weighted by atomic mass is 10.1. The van der Waals surface area contributed by atoms with E-state index in [9.17, 15) is 0 Å². The molecule has 0 atom stereocenters. The Kier molecular flexibility index (Phi) is 6.74. The van der Waals surface area contributed by atoms with Crippen molar-refractivity contribution in [3.8, 4) is 27.9 Å². The zero-order chi connectivity index (χ0) is 33.7. The summed E-state index contributed by atoms with van der Waals surface area (Å²) in [6.45, 7) is 0. The fourth-order valence-electron chi connectivity index (χ4n) is 7.26. The third-order valence-electron chi connectivity index (χ3n) is 9.71. The molecule has 10 aromatic rings. The Morgan fingerprint density at radius 2 is 1.00 bits per heavy atom. The fourth-order valence-corrected chi connectivity index (χ4v) is 7.26. The standard InChI is InChI=1S/C46H30N4O/c1-3-11-31(12-4-1)33-19-21-35(22-20-33)49(46-47-29-34(30-48-46)32-13-5-2-6-14-32)36-23-25-43-40(27-36)38-15-7-9-17-42(38)50(43)37-24-26-45-41(28-37)39-16-8-10-18-44(39)51-45/h1-30H. The first kappa shape index (κ1) is 29.0. The number of anilines is 3. The predicted octanol–water partition coefficient (Wildman–Crippen LogP) is 12.3. The van der Waals surface area contributed by atoms with Gasteiger partial charge in [0.05, 0.1) is 11.0 Å². The SMILES string of the molecule is c1ccc(-c2ccc(N(c3ccc4c(c3)c3ccccc3n4-c3ccc4oc5ccccc5c4c3)c3ncc(-c4ccccc4)cn3)cc2)cc1. The number of aromatic nitrogens is 3. The van der Waals surface area contributed by atoms with E-state index in [0.717, 1.165) is 72.1 Å². The number of hydrogen-bond acceptors (Lipinski definition) is 4. The van der Waals surface area contributed by atoms with Crippen molar-refractivity contribution in [2.75, 3.05) is 4.90 Å². The van der Waals surface area contributed by atoms with Crippen LogP contribution in [0.2, 0.25) is 0 Å². The van der Waals surface area contributed by atoms with Crippen LogP contribution in [0.4, 0.5) is 17.3 Å². The highest BCUT2D eigenvalue weighted by molar-refractivity contribution is 6.11. The Morgan fingerprint density at radius 3 is 1.76 bits per heavy atom. The van der Waals surface area contributed by atoms with E-state index in [4.69, 9.17) is 14.4 Å². The molecule has 0 aliphatic rings. The third-order valence-corrected chi connectivity index (χ3v) is 9.71. The summed E-state index contributed by atoms with van der Waals surface area (Å²) in [5, 5.41) is 4.54. The van der Waals surface area contributed by atoms with Crippen LogP contribution in [0.15, 0.2) is 187 Å². The minimum absolute atomic E-state index is 0.600. The first-order chi connectivity index (χ1) is 25.3. The van der Waals surface area contributed by atoms with Gasteiger partial charge in [0.1, 0.15) is 11.2 Å². The molecule has 0 amide bonds. The Hall–Kier alpha value is -6.98. The van der Waals surface area contributed by atoms with Crippen LogP contribution in [0.3, 0.4) is 0 Å². The normalized spacial score (nSPS) is 11.5. The van der Waals surface area contributed by atoms with Crippen LogP contribution in [0.5, 0.6) is 0 Å². The maximum atomic E-state index is 6.16. The van der Waals surface area contributed by atoms with Gasteiger partial charge in [0.15, 0.2) is 0 Å². The molecule has 0 saturated heterocycles. The minimum Gasteiger partial charge on any atom is -0.456 e. The lowest BCUT2D eigenvalue weighted by Crippen LogP contribution is -2.13. The number of nitrogens with zero attached hydrogens (tertiary/aromatic N) is 4. The highest BCUT2D eigenvalue weighted by Gasteiger charge is 2.20. The summed E-state index contributed by atoms with van der Waals surface area (Å²) in [6, 6.07) is 59.3. The van der Waals surface area contributed by atoms with Crippen LogP contribution >= 0.6 is 0 Å². The molecule has 10 rings (SSSR count). The minimum atomic E-state index is 0.600. The number of para-hydroxylation sites is 2. The molecule has 240 valence electrons. The van der Waals surface area contributed by atoms with Gasteiger partial charge < -0.3 is 8.98 Å². The summed E-state index contributed by atoms with van der Waals surface area (Å²) in [5.74, 6) is 0.600. The van der Waals surface area contributed by atoms with E-state index in [-0.39, 0.29) is 0 Å². The fraction of sp³-hybridized carbons (Fsp3) is 0. The van der Waals surface area contributed by atoms with Gasteiger partial charge in [-0.3, -0.25) is 4.90 Å². The number of benzene rings is 7. The van der Waals surface area contributed by atoms with Crippen LogP contribution in [0.25, 0.3) is 71.7 Å². The van der Waals surface area contributed by atoms with Crippen LogP contribution in [0, 0.1) is 0 Å². The summed E-state index contributed by atoms with van der Waals surface area (Å²) in [4.78, 5) is 12.0. The first-order valence-corrected chi connectivity index (χ1v) is 17.1. The molecular weight excluding hydrogens is 625 g/mol. The third kappa shape index (κ3) is 4.94.